The van der Waals surface area contributed by atoms with Gasteiger partial charge in [-0.1, -0.05) is 0 Å². The number of anilines is 1. The Hall–Kier alpha value is -3.81. The minimum atomic E-state index is -0.514. The van der Waals surface area contributed by atoms with Crippen molar-refractivity contribution < 1.29 is 14.3 Å². The van der Waals surface area contributed by atoms with Crippen LogP contribution in [0.5, 0.6) is 5.75 Å². The highest BCUT2D eigenvalue weighted by Gasteiger charge is 2.17. The lowest BCUT2D eigenvalue weighted by Gasteiger charge is -2.10. The molecule has 8 heteroatoms. The van der Waals surface area contributed by atoms with Crippen molar-refractivity contribution in [3.8, 4) is 5.75 Å². The number of nitrogens with zero attached hydrogens (tertiary/aromatic N) is 2. The number of allylic oxidation sites excluding steroid dienone is 1. The molecule has 2 aromatic carbocycles. The van der Waals surface area contributed by atoms with Crippen molar-refractivity contribution in [2.75, 3.05) is 5.32 Å². The van der Waals surface area contributed by atoms with E-state index in [4.69, 9.17) is 11.1 Å². The number of fused-ring (bicyclic) bond motifs is 1. The quantitative estimate of drug-likeness (QED) is 0.320. The minimum absolute atomic E-state index is 0.0248. The number of aromatic hydroxyl groups is 1. The van der Waals surface area contributed by atoms with Gasteiger partial charge in [0, 0.05) is 22.7 Å². The zero-order valence-corrected chi connectivity index (χ0v) is 14.3. The fourth-order valence-corrected chi connectivity index (χ4v) is 2.44. The lowest BCUT2D eigenvalue weighted by molar-refractivity contribution is 0.103. The van der Waals surface area contributed by atoms with E-state index < -0.39 is 11.6 Å². The van der Waals surface area contributed by atoms with Crippen LogP contribution in [0.2, 0.25) is 0 Å². The number of carbonyl (C=O) groups excluding carboxylic acids is 1. The van der Waals surface area contributed by atoms with Crippen molar-refractivity contribution in [1.29, 1.82) is 5.41 Å². The second-order valence-corrected chi connectivity index (χ2v) is 5.86. The van der Waals surface area contributed by atoms with Crippen LogP contribution in [0.1, 0.15) is 23.1 Å². The minimum Gasteiger partial charge on any atom is -0.508 e. The predicted molar refractivity (Wildman–Crippen MR) is 100 cm³/mol. The van der Waals surface area contributed by atoms with Gasteiger partial charge in [-0.05, 0) is 49.4 Å². The first-order valence-corrected chi connectivity index (χ1v) is 7.94. The Balaban J connectivity index is 2.10. The van der Waals surface area contributed by atoms with Crippen LogP contribution in [0.3, 0.4) is 0 Å². The van der Waals surface area contributed by atoms with E-state index in [1.165, 1.54) is 42.5 Å². The van der Waals surface area contributed by atoms with Gasteiger partial charge in [0.1, 0.15) is 23.2 Å². The molecule has 0 aliphatic heterocycles. The summed E-state index contributed by atoms with van der Waals surface area (Å²) >= 11 is 0. The summed E-state index contributed by atoms with van der Waals surface area (Å²) in [5, 5.41) is 20.9. The topological polar surface area (TPSA) is 125 Å². The molecular formula is C19H16FN5O2. The number of carbonyl (C=O) groups is 1. The van der Waals surface area contributed by atoms with Crippen LogP contribution in [0.25, 0.3) is 10.9 Å². The van der Waals surface area contributed by atoms with Crippen molar-refractivity contribution >= 4 is 28.3 Å². The van der Waals surface area contributed by atoms with Gasteiger partial charge in [0.05, 0.1) is 5.52 Å². The predicted octanol–water partition coefficient (Wildman–Crippen LogP) is 2.96. The average Bonchev–Trinajstić information content (AvgIpc) is 2.60. The van der Waals surface area contributed by atoms with E-state index in [1.54, 1.807) is 13.0 Å². The van der Waals surface area contributed by atoms with E-state index in [9.17, 15) is 14.3 Å². The van der Waals surface area contributed by atoms with Crippen molar-refractivity contribution in [2.45, 2.75) is 6.92 Å². The molecule has 1 heterocycles. The normalized spacial score (nSPS) is 11.4. The molecule has 0 fully saturated rings. The molecule has 3 aromatic rings. The number of halogens is 1. The maximum Gasteiger partial charge on any atom is 0.230 e. The van der Waals surface area contributed by atoms with Crippen LogP contribution >= 0.6 is 0 Å². The molecule has 0 atom stereocenters. The Labute approximate surface area is 153 Å². The maximum absolute atomic E-state index is 13.1. The molecule has 0 aliphatic carbocycles. The van der Waals surface area contributed by atoms with Crippen molar-refractivity contribution in [3.05, 3.63) is 71.4 Å². The van der Waals surface area contributed by atoms with Crippen LogP contribution in [0.4, 0.5) is 10.2 Å². The van der Waals surface area contributed by atoms with Gasteiger partial charge in [-0.2, -0.15) is 0 Å². The van der Waals surface area contributed by atoms with Crippen LogP contribution in [-0.2, 0) is 0 Å². The largest absolute Gasteiger partial charge is 0.508 e. The summed E-state index contributed by atoms with van der Waals surface area (Å²) in [6, 6.07) is 9.43. The van der Waals surface area contributed by atoms with Crippen LogP contribution in [0, 0.1) is 11.2 Å². The van der Waals surface area contributed by atoms with Gasteiger partial charge in [0.2, 0.25) is 11.6 Å². The molecule has 5 N–H and O–H groups in total. The molecule has 0 unspecified atom stereocenters. The molecule has 27 heavy (non-hydrogen) atoms. The Morgan fingerprint density at radius 1 is 1.22 bits per heavy atom. The molecule has 0 amide bonds. The summed E-state index contributed by atoms with van der Waals surface area (Å²) in [5.74, 6) is -0.962. The summed E-state index contributed by atoms with van der Waals surface area (Å²) in [6.45, 7) is 1.63. The SMILES string of the molecule is C/C(N)=C/C(=N)Nc1nc(C(=O)c2ccc(F)cc2)nc2cc(O)ccc12. The summed E-state index contributed by atoms with van der Waals surface area (Å²) in [4.78, 5) is 21.1. The number of benzene rings is 2. The molecule has 0 saturated carbocycles. The Bertz CT molecular complexity index is 1070. The summed E-state index contributed by atoms with van der Waals surface area (Å²) < 4.78 is 13.1. The van der Waals surface area contributed by atoms with Crippen molar-refractivity contribution in [2.24, 2.45) is 5.73 Å². The number of aromatic nitrogens is 2. The summed E-state index contributed by atoms with van der Waals surface area (Å²) in [5.41, 5.74) is 6.53. The van der Waals surface area contributed by atoms with Gasteiger partial charge in [-0.3, -0.25) is 10.2 Å². The molecular weight excluding hydrogens is 349 g/mol. The Kier molecular flexibility index (Phi) is 4.80. The lowest BCUT2D eigenvalue weighted by Crippen LogP contribution is -2.15. The number of nitrogens with one attached hydrogen (secondary N) is 2. The van der Waals surface area contributed by atoms with Crippen LogP contribution < -0.4 is 11.1 Å². The van der Waals surface area contributed by atoms with E-state index in [0.717, 1.165) is 0 Å². The molecule has 1 aromatic heterocycles. The fourth-order valence-electron chi connectivity index (χ4n) is 2.44. The zero-order chi connectivity index (χ0) is 19.6. The van der Waals surface area contributed by atoms with E-state index in [-0.39, 0.29) is 28.8 Å². The smallest absolute Gasteiger partial charge is 0.230 e. The van der Waals surface area contributed by atoms with E-state index in [2.05, 4.69) is 15.3 Å². The van der Waals surface area contributed by atoms with Crippen LogP contribution in [0.15, 0.2) is 54.2 Å². The number of hydrogen-bond donors (Lipinski definition) is 4. The van der Waals surface area contributed by atoms with E-state index in [1.807, 2.05) is 0 Å². The highest BCUT2D eigenvalue weighted by molar-refractivity contribution is 6.10. The molecule has 0 spiro atoms. The number of ketones is 1. The Morgan fingerprint density at radius 2 is 1.93 bits per heavy atom. The van der Waals surface area contributed by atoms with Gasteiger partial charge >= 0.3 is 0 Å². The maximum atomic E-state index is 13.1. The fraction of sp³-hybridized carbons (Fsp3) is 0.0526. The van der Waals surface area contributed by atoms with Gasteiger partial charge in [0.25, 0.3) is 0 Å². The molecule has 3 rings (SSSR count). The first-order chi connectivity index (χ1) is 12.8. The first-order valence-electron chi connectivity index (χ1n) is 7.94. The summed E-state index contributed by atoms with van der Waals surface area (Å²) in [7, 11) is 0. The molecule has 0 aliphatic rings. The number of hydrogen-bond acceptors (Lipinski definition) is 6. The first kappa shape index (κ1) is 18.0. The molecule has 7 nitrogen and oxygen atoms in total. The second kappa shape index (κ2) is 7.20. The molecule has 0 bridgehead atoms. The number of phenolic OH excluding ortho intramolecular Hbond substituents is 1. The highest BCUT2D eigenvalue weighted by Crippen LogP contribution is 2.25. The third kappa shape index (κ3) is 4.06. The Morgan fingerprint density at radius 3 is 2.59 bits per heavy atom. The van der Waals surface area contributed by atoms with Crippen molar-refractivity contribution in [3.63, 3.8) is 0 Å². The van der Waals surface area contributed by atoms with E-state index >= 15 is 0 Å². The standard InChI is InChI=1S/C19H16FN5O2/c1-10(21)8-16(22)24-18-14-7-6-13(26)9-15(14)23-19(25-18)17(27)11-2-4-12(20)5-3-11/h2-9,26H,21H2,1H3,(H2,22,23,24,25)/b10-8-. The number of amidine groups is 1. The molecule has 0 saturated heterocycles. The second-order valence-electron chi connectivity index (χ2n) is 5.86. The third-order valence-electron chi connectivity index (χ3n) is 3.62. The number of rotatable bonds is 4. The van der Waals surface area contributed by atoms with E-state index in [0.29, 0.717) is 16.6 Å². The molecule has 136 valence electrons. The van der Waals surface area contributed by atoms with Gasteiger partial charge in [-0.15, -0.1) is 0 Å². The van der Waals surface area contributed by atoms with Crippen LogP contribution in [-0.4, -0.2) is 26.7 Å². The zero-order valence-electron chi connectivity index (χ0n) is 14.3. The highest BCUT2D eigenvalue weighted by atomic mass is 19.1. The van der Waals surface area contributed by atoms with Gasteiger partial charge < -0.3 is 16.2 Å². The van der Waals surface area contributed by atoms with Gasteiger partial charge in [-0.25, -0.2) is 14.4 Å². The average molecular weight is 365 g/mol. The number of nitrogens with two attached hydrogens (primary N) is 1. The lowest BCUT2D eigenvalue weighted by atomic mass is 10.1. The monoisotopic (exact) mass is 365 g/mol. The third-order valence-corrected chi connectivity index (χ3v) is 3.62. The van der Waals surface area contributed by atoms with Crippen molar-refractivity contribution in [1.82, 2.24) is 9.97 Å². The molecule has 0 radical (unpaired) electrons. The summed E-state index contributed by atoms with van der Waals surface area (Å²) in [6.07, 6.45) is 1.40. The van der Waals surface area contributed by atoms with Gasteiger partial charge in [0.15, 0.2) is 0 Å². The number of phenols is 1.